The summed E-state index contributed by atoms with van der Waals surface area (Å²) in [5.41, 5.74) is 0.159. The summed E-state index contributed by atoms with van der Waals surface area (Å²) < 4.78 is 64.5. The average molecular weight is 447 g/mol. The summed E-state index contributed by atoms with van der Waals surface area (Å²) in [7, 11) is -3.69. The quantitative estimate of drug-likeness (QED) is 0.720. The van der Waals surface area contributed by atoms with E-state index >= 15 is 0 Å². The molecule has 0 unspecified atom stereocenters. The van der Waals surface area contributed by atoms with E-state index in [0.717, 1.165) is 6.26 Å². The fraction of sp³-hybridized carbons (Fsp3) is 0.579. The zero-order valence-corrected chi connectivity index (χ0v) is 17.4. The van der Waals surface area contributed by atoms with E-state index < -0.39 is 39.6 Å². The first-order chi connectivity index (χ1) is 13.9. The number of fused-ring (bicyclic) bond motifs is 3. The predicted molar refractivity (Wildman–Crippen MR) is 104 cm³/mol. The van der Waals surface area contributed by atoms with E-state index in [2.05, 4.69) is 5.32 Å². The van der Waals surface area contributed by atoms with Crippen molar-refractivity contribution in [1.29, 1.82) is 0 Å². The highest BCUT2D eigenvalue weighted by Crippen LogP contribution is 2.54. The second kappa shape index (κ2) is 7.75. The van der Waals surface area contributed by atoms with Gasteiger partial charge in [-0.25, -0.2) is 8.42 Å². The number of nitrogens with zero attached hydrogens (tertiary/aromatic N) is 1. The number of rotatable bonds is 5. The van der Waals surface area contributed by atoms with Gasteiger partial charge < -0.3 is 10.6 Å². The highest BCUT2D eigenvalue weighted by molar-refractivity contribution is 7.92. The molecule has 11 heteroatoms. The lowest BCUT2D eigenvalue weighted by molar-refractivity contribution is -0.173. The maximum absolute atomic E-state index is 12.7. The normalized spacial score (nSPS) is 26.0. The Balaban J connectivity index is 2.07. The van der Waals surface area contributed by atoms with E-state index in [4.69, 9.17) is 0 Å². The van der Waals surface area contributed by atoms with Gasteiger partial charge in [0, 0.05) is 24.9 Å². The molecule has 1 aromatic carbocycles. The second-order valence-corrected chi connectivity index (χ2v) is 9.68. The van der Waals surface area contributed by atoms with Crippen molar-refractivity contribution in [2.75, 3.05) is 17.1 Å². The molecule has 0 saturated heterocycles. The Morgan fingerprint density at radius 1 is 1.23 bits per heavy atom. The van der Waals surface area contributed by atoms with Crippen LogP contribution in [0.15, 0.2) is 24.3 Å². The zero-order valence-electron chi connectivity index (χ0n) is 16.6. The summed E-state index contributed by atoms with van der Waals surface area (Å²) in [4.78, 5) is 23.2. The number of halogens is 3. The molecule has 0 spiro atoms. The first kappa shape index (κ1) is 22.4. The Hall–Kier alpha value is -2.30. The number of alkyl halides is 3. The number of amides is 2. The Bertz CT molecular complexity index is 951. The summed E-state index contributed by atoms with van der Waals surface area (Å²) in [5, 5.41) is 4.77. The maximum Gasteiger partial charge on any atom is 0.471 e. The van der Waals surface area contributed by atoms with E-state index in [1.54, 1.807) is 24.3 Å². The third-order valence-corrected chi connectivity index (χ3v) is 7.10. The Labute approximate surface area is 173 Å². The minimum absolute atomic E-state index is 0.0491. The van der Waals surface area contributed by atoms with Crippen LogP contribution in [0.5, 0.6) is 0 Å². The van der Waals surface area contributed by atoms with Crippen molar-refractivity contribution >= 4 is 27.5 Å². The van der Waals surface area contributed by atoms with Gasteiger partial charge in [-0.15, -0.1) is 0 Å². The van der Waals surface area contributed by atoms with Crippen molar-refractivity contribution in [3.05, 3.63) is 29.8 Å². The van der Waals surface area contributed by atoms with E-state index in [9.17, 15) is 31.2 Å². The molecule has 3 atom stereocenters. The van der Waals surface area contributed by atoms with Crippen molar-refractivity contribution in [3.8, 4) is 0 Å². The Kier molecular flexibility index (Phi) is 5.78. The minimum Gasteiger partial charge on any atom is -0.353 e. The SMILES string of the molecule is CC(=O)N[C@H]1CCC[C@@H]2N(S(C)(=O)=O)c3ccccc3[C@]12CCNC(=O)C(F)(F)F. The van der Waals surface area contributed by atoms with Gasteiger partial charge in [0.2, 0.25) is 15.9 Å². The topological polar surface area (TPSA) is 95.6 Å². The van der Waals surface area contributed by atoms with Crippen LogP contribution in [0.1, 0.15) is 38.2 Å². The number of para-hydroxylation sites is 1. The molecule has 0 bridgehead atoms. The van der Waals surface area contributed by atoms with Gasteiger partial charge in [0.25, 0.3) is 0 Å². The van der Waals surface area contributed by atoms with Gasteiger partial charge in [0.05, 0.1) is 18.0 Å². The molecule has 2 N–H and O–H groups in total. The first-order valence-electron chi connectivity index (χ1n) is 9.60. The molecule has 1 saturated carbocycles. The van der Waals surface area contributed by atoms with Crippen molar-refractivity contribution in [3.63, 3.8) is 0 Å². The largest absolute Gasteiger partial charge is 0.471 e. The predicted octanol–water partition coefficient (Wildman–Crippen LogP) is 1.83. The Morgan fingerprint density at radius 3 is 2.50 bits per heavy atom. The summed E-state index contributed by atoms with van der Waals surface area (Å²) in [5.74, 6) is -2.36. The summed E-state index contributed by atoms with van der Waals surface area (Å²) in [6, 6.07) is 5.79. The third kappa shape index (κ3) is 3.86. The molecule has 166 valence electrons. The highest BCUT2D eigenvalue weighted by Gasteiger charge is 2.58. The molecular weight excluding hydrogens is 423 g/mol. The van der Waals surface area contributed by atoms with E-state index in [0.29, 0.717) is 30.5 Å². The fourth-order valence-electron chi connectivity index (χ4n) is 5.00. The van der Waals surface area contributed by atoms with Crippen LogP contribution in [-0.4, -0.2) is 51.3 Å². The summed E-state index contributed by atoms with van der Waals surface area (Å²) >= 11 is 0. The van der Waals surface area contributed by atoms with Gasteiger partial charge in [0.1, 0.15) is 0 Å². The van der Waals surface area contributed by atoms with Gasteiger partial charge in [-0.05, 0) is 37.3 Å². The van der Waals surface area contributed by atoms with Gasteiger partial charge in [-0.2, -0.15) is 13.2 Å². The Morgan fingerprint density at radius 2 is 1.90 bits per heavy atom. The number of anilines is 1. The molecule has 1 heterocycles. The molecule has 2 amide bonds. The van der Waals surface area contributed by atoms with E-state index in [-0.39, 0.29) is 18.9 Å². The highest BCUT2D eigenvalue weighted by atomic mass is 32.2. The molecule has 7 nitrogen and oxygen atoms in total. The van der Waals surface area contributed by atoms with Crippen LogP contribution in [0.25, 0.3) is 0 Å². The maximum atomic E-state index is 12.7. The number of carbonyl (C=O) groups excluding carboxylic acids is 2. The van der Waals surface area contributed by atoms with E-state index in [1.165, 1.54) is 11.2 Å². The average Bonchev–Trinajstić information content (AvgIpc) is 2.92. The molecule has 1 aliphatic carbocycles. The van der Waals surface area contributed by atoms with E-state index in [1.807, 2.05) is 5.32 Å². The number of hydrogen-bond donors (Lipinski definition) is 2. The van der Waals surface area contributed by atoms with Crippen LogP contribution in [0, 0.1) is 0 Å². The lowest BCUT2D eigenvalue weighted by Gasteiger charge is -2.48. The van der Waals surface area contributed by atoms with Crippen LogP contribution in [0.3, 0.4) is 0 Å². The van der Waals surface area contributed by atoms with Crippen molar-refractivity contribution in [2.24, 2.45) is 0 Å². The molecule has 2 aliphatic rings. The van der Waals surface area contributed by atoms with Crippen LogP contribution in [0.4, 0.5) is 18.9 Å². The number of carbonyl (C=O) groups is 2. The standard InChI is InChI=1S/C19H24F3N3O4S/c1-12(26)24-15-8-5-9-16-18(15,10-11-23-17(27)19(20,21)22)13-6-3-4-7-14(13)25(16)30(2,28)29/h3-4,6-7,15-16H,5,8-11H2,1-2H3,(H,23,27)(H,24,26)/t15-,16-,18+/m0/s1. The summed E-state index contributed by atoms with van der Waals surface area (Å²) in [6.07, 6.45) is -2.18. The second-order valence-electron chi connectivity index (χ2n) is 7.82. The van der Waals surface area contributed by atoms with Gasteiger partial charge in [0.15, 0.2) is 0 Å². The molecule has 30 heavy (non-hydrogen) atoms. The lowest BCUT2D eigenvalue weighted by atomic mass is 9.63. The molecule has 1 fully saturated rings. The number of benzene rings is 1. The third-order valence-electron chi connectivity index (χ3n) is 5.93. The smallest absolute Gasteiger partial charge is 0.353 e. The number of sulfonamides is 1. The zero-order chi connectivity index (χ0) is 22.3. The summed E-state index contributed by atoms with van der Waals surface area (Å²) in [6.45, 7) is 1.04. The van der Waals surface area contributed by atoms with Crippen LogP contribution >= 0.6 is 0 Å². The minimum atomic E-state index is -5.01. The molecule has 0 aromatic heterocycles. The molecular formula is C19H24F3N3O4S. The van der Waals surface area contributed by atoms with Crippen LogP contribution in [0.2, 0.25) is 0 Å². The van der Waals surface area contributed by atoms with Crippen LogP contribution < -0.4 is 14.9 Å². The van der Waals surface area contributed by atoms with Gasteiger partial charge in [-0.1, -0.05) is 18.2 Å². The van der Waals surface area contributed by atoms with Gasteiger partial charge >= 0.3 is 12.1 Å². The lowest BCUT2D eigenvalue weighted by Crippen LogP contribution is -2.61. The van der Waals surface area contributed by atoms with Crippen molar-refractivity contribution in [2.45, 2.75) is 56.3 Å². The first-order valence-corrected chi connectivity index (χ1v) is 11.4. The molecule has 1 aromatic rings. The number of hydrogen-bond acceptors (Lipinski definition) is 4. The van der Waals surface area contributed by atoms with Crippen molar-refractivity contribution in [1.82, 2.24) is 10.6 Å². The molecule has 1 aliphatic heterocycles. The molecule has 0 radical (unpaired) electrons. The monoisotopic (exact) mass is 447 g/mol. The van der Waals surface area contributed by atoms with Crippen LogP contribution in [-0.2, 0) is 25.0 Å². The number of nitrogens with one attached hydrogen (secondary N) is 2. The molecule has 3 rings (SSSR count). The van der Waals surface area contributed by atoms with Gasteiger partial charge in [-0.3, -0.25) is 13.9 Å². The fourth-order valence-corrected chi connectivity index (χ4v) is 6.27. The van der Waals surface area contributed by atoms with Crippen molar-refractivity contribution < 1.29 is 31.2 Å².